The minimum absolute atomic E-state index is 0.0351. The van der Waals surface area contributed by atoms with Crippen LogP contribution in [-0.4, -0.2) is 14.7 Å². The smallest absolute Gasteiger partial charge is 0.263 e. The molecule has 1 aliphatic rings. The molecule has 0 amide bonds. The number of phenols is 1. The zero-order valence-corrected chi connectivity index (χ0v) is 20.7. The highest BCUT2D eigenvalue weighted by Gasteiger charge is 2.20. The molecule has 0 aliphatic heterocycles. The molecule has 35 heavy (non-hydrogen) atoms. The summed E-state index contributed by atoms with van der Waals surface area (Å²) in [5.74, 6) is 7.07. The third kappa shape index (κ3) is 4.80. The second-order valence-corrected chi connectivity index (χ2v) is 9.88. The molecule has 4 nitrogen and oxygen atoms in total. The molecule has 5 rings (SSSR count). The van der Waals surface area contributed by atoms with Crippen molar-refractivity contribution in [1.29, 1.82) is 0 Å². The van der Waals surface area contributed by atoms with E-state index in [-0.39, 0.29) is 11.3 Å². The fraction of sp³-hybridized carbons (Fsp3) is 0.267. The van der Waals surface area contributed by atoms with Crippen LogP contribution in [0.5, 0.6) is 5.75 Å². The van der Waals surface area contributed by atoms with Crippen LogP contribution in [0.3, 0.4) is 0 Å². The van der Waals surface area contributed by atoms with Crippen LogP contribution in [0.4, 0.5) is 0 Å². The summed E-state index contributed by atoms with van der Waals surface area (Å²) in [7, 11) is 0. The molecule has 1 N–H and O–H groups in total. The lowest BCUT2D eigenvalue weighted by atomic mass is 10.0. The number of aromatic nitrogens is 2. The molecule has 0 unspecified atom stereocenters. The first kappa shape index (κ1) is 23.1. The van der Waals surface area contributed by atoms with Gasteiger partial charge in [-0.3, -0.25) is 9.36 Å². The van der Waals surface area contributed by atoms with Crippen LogP contribution in [0.25, 0.3) is 20.3 Å². The van der Waals surface area contributed by atoms with Gasteiger partial charge in [0.15, 0.2) is 0 Å². The Morgan fingerprint density at radius 1 is 1.09 bits per heavy atom. The minimum Gasteiger partial charge on any atom is -0.506 e. The molecule has 0 bridgehead atoms. The van der Waals surface area contributed by atoms with Crippen LogP contribution in [0.1, 0.15) is 43.1 Å². The SMILES string of the molecule is CCCCc1ccc(O)c2sc3nc(CCc4ccccc4)n(CC4=CCC#CC=C4)c(=O)c3c12. The Morgan fingerprint density at radius 2 is 1.94 bits per heavy atom. The number of unbranched alkanes of at least 4 members (excludes halogenated alkanes) is 1. The number of fused-ring (bicyclic) bond motifs is 3. The monoisotopic (exact) mass is 480 g/mol. The Morgan fingerprint density at radius 3 is 2.77 bits per heavy atom. The van der Waals surface area contributed by atoms with E-state index in [1.807, 2.05) is 41.0 Å². The van der Waals surface area contributed by atoms with Crippen molar-refractivity contribution in [2.24, 2.45) is 0 Å². The molecule has 0 fully saturated rings. The fourth-order valence-electron chi connectivity index (χ4n) is 4.60. The van der Waals surface area contributed by atoms with Gasteiger partial charge in [0.05, 0.1) is 16.6 Å². The normalized spacial score (nSPS) is 13.0. The summed E-state index contributed by atoms with van der Waals surface area (Å²) in [6, 6.07) is 14.0. The van der Waals surface area contributed by atoms with Crippen molar-refractivity contribution in [3.63, 3.8) is 0 Å². The Hall–Kier alpha value is -3.62. The standard InChI is InChI=1S/C30H28N2O2S/c1-2-3-15-23-17-18-24(33)28-26(23)27-29(35-28)31-25(19-16-21-11-9-6-10-12-21)32(30(27)34)20-22-13-7-4-5-8-14-22/h6-7,9-14,17-18,33H,2-3,8,15-16,19-20H2,1H3. The Labute approximate surface area is 209 Å². The number of rotatable bonds is 8. The van der Waals surface area contributed by atoms with Gasteiger partial charge in [-0.25, -0.2) is 4.98 Å². The van der Waals surface area contributed by atoms with Crippen LogP contribution in [-0.2, 0) is 25.8 Å². The predicted molar refractivity (Wildman–Crippen MR) is 145 cm³/mol. The molecule has 4 aromatic rings. The number of hydrogen-bond acceptors (Lipinski definition) is 4. The minimum atomic E-state index is -0.0351. The van der Waals surface area contributed by atoms with Crippen molar-refractivity contribution in [2.45, 2.75) is 52.0 Å². The van der Waals surface area contributed by atoms with Crippen molar-refractivity contribution in [3.05, 3.63) is 93.6 Å². The summed E-state index contributed by atoms with van der Waals surface area (Å²) in [5, 5.41) is 12.1. The Bertz CT molecular complexity index is 1560. The summed E-state index contributed by atoms with van der Waals surface area (Å²) in [5.41, 5.74) is 3.33. The largest absolute Gasteiger partial charge is 0.506 e. The number of phenolic OH excluding ortho intramolecular Hbond substituents is 1. The maximum absolute atomic E-state index is 14.1. The van der Waals surface area contributed by atoms with Gasteiger partial charge in [-0.15, -0.1) is 11.3 Å². The number of benzene rings is 2. The second kappa shape index (κ2) is 10.3. The highest BCUT2D eigenvalue weighted by atomic mass is 32.1. The van der Waals surface area contributed by atoms with Crippen molar-refractivity contribution < 1.29 is 5.11 Å². The second-order valence-electron chi connectivity index (χ2n) is 8.88. The quantitative estimate of drug-likeness (QED) is 0.300. The predicted octanol–water partition coefficient (Wildman–Crippen LogP) is 6.33. The molecular weight excluding hydrogens is 452 g/mol. The zero-order chi connectivity index (χ0) is 24.2. The lowest BCUT2D eigenvalue weighted by Crippen LogP contribution is -2.26. The third-order valence-corrected chi connectivity index (χ3v) is 7.56. The van der Waals surface area contributed by atoms with Gasteiger partial charge in [0.2, 0.25) is 0 Å². The molecule has 0 radical (unpaired) electrons. The Balaban J connectivity index is 1.68. The first-order valence-corrected chi connectivity index (χ1v) is 13.0. The summed E-state index contributed by atoms with van der Waals surface area (Å²) in [6.07, 6.45) is 11.0. The number of hydrogen-bond donors (Lipinski definition) is 1. The van der Waals surface area contributed by atoms with Gasteiger partial charge >= 0.3 is 0 Å². The Kier molecular flexibility index (Phi) is 6.83. The average Bonchev–Trinajstić information content (AvgIpc) is 3.08. The molecule has 176 valence electrons. The molecule has 2 aromatic heterocycles. The van der Waals surface area contributed by atoms with Gasteiger partial charge in [0.25, 0.3) is 5.56 Å². The number of allylic oxidation sites excluding steroid dienone is 4. The topological polar surface area (TPSA) is 55.1 Å². The van der Waals surface area contributed by atoms with E-state index in [0.29, 0.717) is 29.6 Å². The summed E-state index contributed by atoms with van der Waals surface area (Å²) in [4.78, 5) is 19.8. The third-order valence-electron chi connectivity index (χ3n) is 6.46. The van der Waals surface area contributed by atoms with Gasteiger partial charge in [0.1, 0.15) is 16.4 Å². The van der Waals surface area contributed by atoms with Crippen molar-refractivity contribution in [3.8, 4) is 17.6 Å². The lowest BCUT2D eigenvalue weighted by Gasteiger charge is -2.14. The summed E-state index contributed by atoms with van der Waals surface area (Å²) < 4.78 is 2.58. The number of aromatic hydroxyl groups is 1. The van der Waals surface area contributed by atoms with Crippen LogP contribution >= 0.6 is 11.3 Å². The van der Waals surface area contributed by atoms with Gasteiger partial charge in [0, 0.05) is 18.2 Å². The summed E-state index contributed by atoms with van der Waals surface area (Å²) >= 11 is 1.42. The molecule has 1 aliphatic carbocycles. The average molecular weight is 481 g/mol. The van der Waals surface area contributed by atoms with Crippen LogP contribution in [0, 0.1) is 11.8 Å². The van der Waals surface area contributed by atoms with Crippen molar-refractivity contribution in [2.75, 3.05) is 0 Å². The van der Waals surface area contributed by atoms with Crippen molar-refractivity contribution in [1.82, 2.24) is 9.55 Å². The molecule has 0 atom stereocenters. The fourth-order valence-corrected chi connectivity index (χ4v) is 5.74. The highest BCUT2D eigenvalue weighted by molar-refractivity contribution is 7.25. The van der Waals surface area contributed by atoms with E-state index < -0.39 is 0 Å². The van der Waals surface area contributed by atoms with Gasteiger partial charge in [-0.2, -0.15) is 0 Å². The van der Waals surface area contributed by atoms with E-state index in [0.717, 1.165) is 52.7 Å². The van der Waals surface area contributed by atoms with Gasteiger partial charge in [-0.05, 0) is 54.2 Å². The number of aryl methyl sites for hydroxylation is 3. The van der Waals surface area contributed by atoms with Crippen LogP contribution in [0.15, 0.2) is 71.1 Å². The first-order valence-electron chi connectivity index (χ1n) is 12.2. The molecule has 2 heterocycles. The van der Waals surface area contributed by atoms with Gasteiger partial charge < -0.3 is 5.11 Å². The van der Waals surface area contributed by atoms with Crippen LogP contribution in [0.2, 0.25) is 0 Å². The molecule has 0 spiro atoms. The molecule has 0 saturated heterocycles. The van der Waals surface area contributed by atoms with E-state index in [4.69, 9.17) is 4.98 Å². The van der Waals surface area contributed by atoms with E-state index in [9.17, 15) is 9.90 Å². The summed E-state index contributed by atoms with van der Waals surface area (Å²) in [6.45, 7) is 2.61. The van der Waals surface area contributed by atoms with E-state index in [1.54, 1.807) is 6.07 Å². The van der Waals surface area contributed by atoms with Crippen LogP contribution < -0.4 is 5.56 Å². The van der Waals surface area contributed by atoms with Crippen molar-refractivity contribution >= 4 is 31.6 Å². The van der Waals surface area contributed by atoms with E-state index in [1.165, 1.54) is 16.9 Å². The maximum atomic E-state index is 14.1. The number of thiophene rings is 1. The highest BCUT2D eigenvalue weighted by Crippen LogP contribution is 2.39. The molecule has 0 saturated carbocycles. The molecule has 5 heteroatoms. The van der Waals surface area contributed by atoms with Gasteiger partial charge in [-0.1, -0.05) is 67.7 Å². The maximum Gasteiger partial charge on any atom is 0.263 e. The molecule has 2 aromatic carbocycles. The lowest BCUT2D eigenvalue weighted by molar-refractivity contribution is 0.482. The first-order chi connectivity index (χ1) is 17.2. The number of nitrogens with zero attached hydrogens (tertiary/aromatic N) is 2. The van der Waals surface area contributed by atoms with E-state index >= 15 is 0 Å². The van der Waals surface area contributed by atoms with E-state index in [2.05, 4.69) is 37.0 Å². The molecular formula is C30H28N2O2S. The zero-order valence-electron chi connectivity index (χ0n) is 19.9.